The molecule has 0 atom stereocenters. The molecule has 0 bridgehead atoms. The van der Waals surface area contributed by atoms with Crippen molar-refractivity contribution in [3.05, 3.63) is 46.5 Å². The highest BCUT2D eigenvalue weighted by Gasteiger charge is 2.12. The summed E-state index contributed by atoms with van der Waals surface area (Å²) in [6, 6.07) is 7.58. The molecule has 0 unspecified atom stereocenters. The van der Waals surface area contributed by atoms with Gasteiger partial charge in [-0.2, -0.15) is 0 Å². The quantitative estimate of drug-likeness (QED) is 0.710. The molecule has 0 radical (unpaired) electrons. The average molecular weight is 259 g/mol. The fourth-order valence-electron chi connectivity index (χ4n) is 1.83. The number of nitrogens with zero attached hydrogens (tertiary/aromatic N) is 2. The molecular formula is C13H17N5O. The van der Waals surface area contributed by atoms with Crippen LogP contribution in [0, 0.1) is 0 Å². The normalized spacial score (nSPS) is 10.4. The average Bonchev–Trinajstić information content (AvgIpc) is 2.42. The number of aromatic nitrogens is 2. The Morgan fingerprint density at radius 3 is 2.58 bits per heavy atom. The third-order valence-corrected chi connectivity index (χ3v) is 2.90. The van der Waals surface area contributed by atoms with Gasteiger partial charge in [0.1, 0.15) is 5.69 Å². The first-order valence-corrected chi connectivity index (χ1v) is 6.04. The van der Waals surface area contributed by atoms with Crippen molar-refractivity contribution in [3.8, 4) is 0 Å². The van der Waals surface area contributed by atoms with Crippen LogP contribution < -0.4 is 21.9 Å². The summed E-state index contributed by atoms with van der Waals surface area (Å²) in [4.78, 5) is 20.0. The summed E-state index contributed by atoms with van der Waals surface area (Å²) >= 11 is 0. The first kappa shape index (κ1) is 12.9. The van der Waals surface area contributed by atoms with Gasteiger partial charge in [-0.05, 0) is 24.6 Å². The van der Waals surface area contributed by atoms with E-state index in [1.807, 2.05) is 36.1 Å². The van der Waals surface area contributed by atoms with Crippen LogP contribution >= 0.6 is 0 Å². The number of benzene rings is 1. The topological polar surface area (TPSA) is 101 Å². The highest BCUT2D eigenvalue weighted by Crippen LogP contribution is 2.18. The lowest BCUT2D eigenvalue weighted by Crippen LogP contribution is -2.27. The molecule has 6 heteroatoms. The lowest BCUT2D eigenvalue weighted by atomic mass is 10.2. The van der Waals surface area contributed by atoms with E-state index in [2.05, 4.69) is 9.97 Å². The fourth-order valence-corrected chi connectivity index (χ4v) is 1.83. The van der Waals surface area contributed by atoms with Gasteiger partial charge >= 0.3 is 0 Å². The Labute approximate surface area is 111 Å². The van der Waals surface area contributed by atoms with Crippen molar-refractivity contribution in [3.63, 3.8) is 0 Å². The molecule has 5 N–H and O–H groups in total. The number of hydrogen-bond acceptors (Lipinski definition) is 5. The minimum Gasteiger partial charge on any atom is -0.399 e. The molecule has 6 nitrogen and oxygen atoms in total. The van der Waals surface area contributed by atoms with Gasteiger partial charge in [0.15, 0.2) is 5.82 Å². The van der Waals surface area contributed by atoms with E-state index in [9.17, 15) is 4.79 Å². The molecule has 0 aliphatic carbocycles. The SMILES string of the molecule is CCN(Cc1ccc(N)cc1)c1nc[nH]c(=O)c1N. The van der Waals surface area contributed by atoms with Gasteiger partial charge in [0.25, 0.3) is 5.56 Å². The molecule has 0 aliphatic rings. The molecule has 0 amide bonds. The maximum atomic E-state index is 11.5. The van der Waals surface area contributed by atoms with Crippen LogP contribution in [0.4, 0.5) is 17.2 Å². The third-order valence-electron chi connectivity index (χ3n) is 2.90. The number of nitrogens with two attached hydrogens (primary N) is 2. The van der Waals surface area contributed by atoms with Gasteiger partial charge in [-0.15, -0.1) is 0 Å². The van der Waals surface area contributed by atoms with Gasteiger partial charge in [-0.3, -0.25) is 4.79 Å². The lowest BCUT2D eigenvalue weighted by molar-refractivity contribution is 0.810. The molecule has 0 spiro atoms. The standard InChI is InChI=1S/C13H17N5O/c1-2-18(7-9-3-5-10(14)6-4-9)12-11(15)13(19)17-8-16-12/h3-6,8H,2,7,14-15H2,1H3,(H,16,17,19). The first-order valence-electron chi connectivity index (χ1n) is 6.04. The minimum absolute atomic E-state index is 0.139. The molecule has 2 aromatic rings. The molecule has 0 saturated heterocycles. The van der Waals surface area contributed by atoms with Gasteiger partial charge in [0, 0.05) is 18.8 Å². The van der Waals surface area contributed by atoms with E-state index in [0.29, 0.717) is 18.9 Å². The summed E-state index contributed by atoms with van der Waals surface area (Å²) in [5, 5.41) is 0. The third kappa shape index (κ3) is 2.85. The second-order valence-corrected chi connectivity index (χ2v) is 4.22. The van der Waals surface area contributed by atoms with Crippen LogP contribution in [-0.2, 0) is 6.54 Å². The van der Waals surface area contributed by atoms with Crippen molar-refractivity contribution in [1.82, 2.24) is 9.97 Å². The number of H-pyrrole nitrogens is 1. The Hall–Kier alpha value is -2.50. The summed E-state index contributed by atoms with van der Waals surface area (Å²) in [6.45, 7) is 3.31. The molecule has 19 heavy (non-hydrogen) atoms. The van der Waals surface area contributed by atoms with Crippen molar-refractivity contribution in [1.29, 1.82) is 0 Å². The summed E-state index contributed by atoms with van der Waals surface area (Å²) in [5.74, 6) is 0.503. The lowest BCUT2D eigenvalue weighted by Gasteiger charge is -2.22. The fraction of sp³-hybridized carbons (Fsp3) is 0.231. The zero-order valence-corrected chi connectivity index (χ0v) is 10.8. The largest absolute Gasteiger partial charge is 0.399 e. The van der Waals surface area contributed by atoms with Crippen LogP contribution in [-0.4, -0.2) is 16.5 Å². The van der Waals surface area contributed by atoms with Crippen LogP contribution in [0.15, 0.2) is 35.4 Å². The van der Waals surface area contributed by atoms with E-state index in [1.165, 1.54) is 6.33 Å². The van der Waals surface area contributed by atoms with E-state index in [0.717, 1.165) is 11.3 Å². The van der Waals surface area contributed by atoms with E-state index >= 15 is 0 Å². The zero-order valence-electron chi connectivity index (χ0n) is 10.8. The molecular weight excluding hydrogens is 242 g/mol. The van der Waals surface area contributed by atoms with Crippen molar-refractivity contribution in [2.75, 3.05) is 22.9 Å². The van der Waals surface area contributed by atoms with E-state index in [-0.39, 0.29) is 11.2 Å². The van der Waals surface area contributed by atoms with Crippen LogP contribution in [0.25, 0.3) is 0 Å². The van der Waals surface area contributed by atoms with Crippen LogP contribution in [0.5, 0.6) is 0 Å². The van der Waals surface area contributed by atoms with Gasteiger partial charge in [0.05, 0.1) is 6.33 Å². The summed E-state index contributed by atoms with van der Waals surface area (Å²) in [5.41, 5.74) is 13.0. The minimum atomic E-state index is -0.319. The van der Waals surface area contributed by atoms with E-state index in [1.54, 1.807) is 0 Å². The molecule has 1 heterocycles. The predicted octanol–water partition coefficient (Wildman–Crippen LogP) is 0.961. The maximum Gasteiger partial charge on any atom is 0.276 e. The summed E-state index contributed by atoms with van der Waals surface area (Å²) < 4.78 is 0. The number of rotatable bonds is 4. The number of aromatic amines is 1. The van der Waals surface area contributed by atoms with Gasteiger partial charge in [-0.1, -0.05) is 12.1 Å². The number of hydrogen-bond donors (Lipinski definition) is 3. The molecule has 1 aromatic heterocycles. The van der Waals surface area contributed by atoms with E-state index < -0.39 is 0 Å². The highest BCUT2D eigenvalue weighted by molar-refractivity contribution is 5.61. The van der Waals surface area contributed by atoms with E-state index in [4.69, 9.17) is 11.5 Å². The van der Waals surface area contributed by atoms with Crippen LogP contribution in [0.3, 0.4) is 0 Å². The Kier molecular flexibility index (Phi) is 3.70. The second kappa shape index (κ2) is 5.43. The Morgan fingerprint density at radius 2 is 1.95 bits per heavy atom. The smallest absolute Gasteiger partial charge is 0.276 e. The Balaban J connectivity index is 2.27. The molecule has 2 rings (SSSR count). The monoisotopic (exact) mass is 259 g/mol. The number of nitrogen functional groups attached to an aromatic ring is 2. The Morgan fingerprint density at radius 1 is 1.26 bits per heavy atom. The van der Waals surface area contributed by atoms with Crippen LogP contribution in [0.1, 0.15) is 12.5 Å². The van der Waals surface area contributed by atoms with Crippen molar-refractivity contribution in [2.24, 2.45) is 0 Å². The van der Waals surface area contributed by atoms with Gasteiger partial charge in [-0.25, -0.2) is 4.98 Å². The van der Waals surface area contributed by atoms with Crippen molar-refractivity contribution < 1.29 is 0 Å². The van der Waals surface area contributed by atoms with Crippen molar-refractivity contribution in [2.45, 2.75) is 13.5 Å². The maximum absolute atomic E-state index is 11.5. The molecule has 0 fully saturated rings. The molecule has 100 valence electrons. The van der Waals surface area contributed by atoms with Crippen molar-refractivity contribution >= 4 is 17.2 Å². The first-order chi connectivity index (χ1) is 9.11. The summed E-state index contributed by atoms with van der Waals surface area (Å²) in [7, 11) is 0. The Bertz CT molecular complexity index is 605. The predicted molar refractivity (Wildman–Crippen MR) is 76.8 cm³/mol. The highest BCUT2D eigenvalue weighted by atomic mass is 16.1. The second-order valence-electron chi connectivity index (χ2n) is 4.22. The molecule has 0 saturated carbocycles. The van der Waals surface area contributed by atoms with Gasteiger partial charge in [0.2, 0.25) is 0 Å². The van der Waals surface area contributed by atoms with Crippen LogP contribution in [0.2, 0.25) is 0 Å². The zero-order chi connectivity index (χ0) is 13.8. The summed E-state index contributed by atoms with van der Waals surface area (Å²) in [6.07, 6.45) is 1.36. The molecule has 1 aromatic carbocycles. The van der Waals surface area contributed by atoms with Gasteiger partial charge < -0.3 is 21.4 Å². The molecule has 0 aliphatic heterocycles. The number of anilines is 3. The number of nitrogens with one attached hydrogen (secondary N) is 1.